The van der Waals surface area contributed by atoms with Gasteiger partial charge in [-0.05, 0) is 56.1 Å². The summed E-state index contributed by atoms with van der Waals surface area (Å²) in [5, 5.41) is 10.8. The van der Waals surface area contributed by atoms with Gasteiger partial charge in [0, 0.05) is 37.1 Å². The molecule has 1 saturated heterocycles. The van der Waals surface area contributed by atoms with Crippen LogP contribution in [-0.2, 0) is 4.74 Å². The first kappa shape index (κ1) is 24.5. The average Bonchev–Trinajstić information content (AvgIpc) is 3.48. The zero-order valence-electron chi connectivity index (χ0n) is 20.6. The summed E-state index contributed by atoms with van der Waals surface area (Å²) in [5.74, 6) is 1.22. The third kappa shape index (κ3) is 5.33. The molecule has 36 heavy (non-hydrogen) atoms. The van der Waals surface area contributed by atoms with Gasteiger partial charge in [-0.1, -0.05) is 13.8 Å². The fourth-order valence-corrected chi connectivity index (χ4v) is 5.10. The molecule has 0 bridgehead atoms. The van der Waals surface area contributed by atoms with E-state index in [9.17, 15) is 13.6 Å². The van der Waals surface area contributed by atoms with Gasteiger partial charge in [0.15, 0.2) is 5.69 Å². The van der Waals surface area contributed by atoms with Crippen molar-refractivity contribution in [1.29, 1.82) is 0 Å². The summed E-state index contributed by atoms with van der Waals surface area (Å²) in [4.78, 5) is 22.0. The van der Waals surface area contributed by atoms with Gasteiger partial charge in [0.05, 0.1) is 28.9 Å². The summed E-state index contributed by atoms with van der Waals surface area (Å²) in [6.07, 6.45) is 6.70. The molecule has 2 N–H and O–H groups in total. The van der Waals surface area contributed by atoms with Crippen LogP contribution < -0.4 is 10.6 Å². The van der Waals surface area contributed by atoms with Crippen molar-refractivity contribution < 1.29 is 18.3 Å². The van der Waals surface area contributed by atoms with E-state index in [1.165, 1.54) is 12.4 Å². The van der Waals surface area contributed by atoms with Gasteiger partial charge in [0.2, 0.25) is 0 Å². The lowest BCUT2D eigenvalue weighted by atomic mass is 9.87. The molecule has 0 aromatic carbocycles. The predicted octanol–water partition coefficient (Wildman–Crippen LogP) is 5.60. The third-order valence-corrected chi connectivity index (χ3v) is 7.21. The number of nitrogens with one attached hydrogen (secondary N) is 2. The molecular formula is C26H32F2N6O2. The molecule has 2 fully saturated rings. The Morgan fingerprint density at radius 2 is 1.97 bits per heavy atom. The Bertz CT molecular complexity index is 1220. The lowest BCUT2D eigenvalue weighted by Gasteiger charge is -2.26. The number of carbonyl (C=O) groups excluding carboxylic acids is 1. The smallest absolute Gasteiger partial charge is 0.284 e. The Morgan fingerprint density at radius 1 is 1.17 bits per heavy atom. The van der Waals surface area contributed by atoms with Crippen LogP contribution in [0.5, 0.6) is 0 Å². The van der Waals surface area contributed by atoms with Gasteiger partial charge in [0.1, 0.15) is 5.82 Å². The minimum atomic E-state index is -2.80. The highest BCUT2D eigenvalue weighted by Gasteiger charge is 2.26. The highest BCUT2D eigenvalue weighted by molar-refractivity contribution is 6.11. The van der Waals surface area contributed by atoms with Gasteiger partial charge >= 0.3 is 0 Å². The molecule has 192 valence electrons. The molecule has 4 heterocycles. The van der Waals surface area contributed by atoms with Crippen LogP contribution in [0.25, 0.3) is 10.9 Å². The van der Waals surface area contributed by atoms with Crippen molar-refractivity contribution in [3.05, 3.63) is 42.0 Å². The summed E-state index contributed by atoms with van der Waals surface area (Å²) in [6, 6.07) is 3.72. The summed E-state index contributed by atoms with van der Waals surface area (Å²) in [6.45, 7) is 5.73. The number of hydrogen-bond donors (Lipinski definition) is 2. The molecule has 0 radical (unpaired) electrons. The summed E-state index contributed by atoms with van der Waals surface area (Å²) in [7, 11) is 0. The molecule has 2 atom stereocenters. The minimum absolute atomic E-state index is 0.0207. The average molecular weight is 499 g/mol. The van der Waals surface area contributed by atoms with Crippen molar-refractivity contribution in [2.24, 2.45) is 11.8 Å². The number of nitrogens with zero attached hydrogens (tertiary/aromatic N) is 4. The molecule has 8 nitrogen and oxygen atoms in total. The molecule has 1 aliphatic carbocycles. The van der Waals surface area contributed by atoms with Crippen molar-refractivity contribution in [3.8, 4) is 0 Å². The summed E-state index contributed by atoms with van der Waals surface area (Å²) >= 11 is 0. The second-order valence-electron chi connectivity index (χ2n) is 10.2. The third-order valence-electron chi connectivity index (χ3n) is 7.21. The van der Waals surface area contributed by atoms with E-state index >= 15 is 0 Å². The number of hydrogen-bond acceptors (Lipinski definition) is 6. The van der Waals surface area contributed by atoms with E-state index in [2.05, 4.69) is 39.5 Å². The number of fused-ring (bicyclic) bond motifs is 1. The van der Waals surface area contributed by atoms with Crippen LogP contribution in [0.2, 0.25) is 0 Å². The Balaban J connectivity index is 1.36. The van der Waals surface area contributed by atoms with Gasteiger partial charge in [-0.15, -0.1) is 0 Å². The molecular weight excluding hydrogens is 466 g/mol. The monoisotopic (exact) mass is 498 g/mol. The van der Waals surface area contributed by atoms with E-state index in [-0.39, 0.29) is 23.4 Å². The van der Waals surface area contributed by atoms with Gasteiger partial charge < -0.3 is 15.4 Å². The second kappa shape index (κ2) is 10.5. The lowest BCUT2D eigenvalue weighted by molar-refractivity contribution is 0.102. The SMILES string of the molecule is CC1CCC(n2cc(NC(=O)c3cncc4ccc(NC[C@H]5C[C@H](C)CO5)nc34)c(C(F)F)n2)CC1. The van der Waals surface area contributed by atoms with Gasteiger partial charge in [-0.25, -0.2) is 13.8 Å². The molecule has 1 saturated carbocycles. The predicted molar refractivity (Wildman–Crippen MR) is 133 cm³/mol. The largest absolute Gasteiger partial charge is 0.376 e. The van der Waals surface area contributed by atoms with Gasteiger partial charge in [-0.3, -0.25) is 14.5 Å². The maximum Gasteiger partial charge on any atom is 0.284 e. The quantitative estimate of drug-likeness (QED) is 0.440. The first-order chi connectivity index (χ1) is 17.4. The molecule has 2 aliphatic rings. The highest BCUT2D eigenvalue weighted by atomic mass is 19.3. The number of halogens is 2. The van der Waals surface area contributed by atoms with Crippen LogP contribution in [0.3, 0.4) is 0 Å². The first-order valence-corrected chi connectivity index (χ1v) is 12.7. The number of pyridine rings is 2. The molecule has 0 spiro atoms. The number of carbonyl (C=O) groups is 1. The second-order valence-corrected chi connectivity index (χ2v) is 10.2. The molecule has 1 aliphatic heterocycles. The summed E-state index contributed by atoms with van der Waals surface area (Å²) < 4.78 is 34.9. The molecule has 10 heteroatoms. The number of anilines is 2. The van der Waals surface area contributed by atoms with Crippen molar-refractivity contribution in [3.63, 3.8) is 0 Å². The number of rotatable bonds is 7. The van der Waals surface area contributed by atoms with Crippen molar-refractivity contribution in [2.45, 2.75) is 64.5 Å². The van der Waals surface area contributed by atoms with Gasteiger partial charge in [0.25, 0.3) is 12.3 Å². The van der Waals surface area contributed by atoms with Crippen molar-refractivity contribution >= 4 is 28.3 Å². The molecule has 3 aromatic heterocycles. The van der Waals surface area contributed by atoms with E-state index < -0.39 is 18.0 Å². The standard InChI is InChI=1S/C26H32F2N6O2/c1-15-3-6-18(7-4-15)34-13-21(24(33-34)25(27)28)31-26(35)20-12-29-10-17-5-8-22(32-23(17)20)30-11-19-9-16(2)14-36-19/h5,8,10,12-13,15-16,18-19,25H,3-4,6-7,9,11,14H2,1-2H3,(H,30,32)(H,31,35)/t15?,16-,18?,19+/m0/s1. The number of aromatic nitrogens is 4. The van der Waals surface area contributed by atoms with Gasteiger partial charge in [-0.2, -0.15) is 5.10 Å². The Hall–Kier alpha value is -3.14. The fourth-order valence-electron chi connectivity index (χ4n) is 5.10. The number of amides is 1. The highest BCUT2D eigenvalue weighted by Crippen LogP contribution is 2.34. The van der Waals surface area contributed by atoms with E-state index in [1.54, 1.807) is 10.9 Å². The Morgan fingerprint density at radius 3 is 2.69 bits per heavy atom. The van der Waals surface area contributed by atoms with E-state index in [4.69, 9.17) is 4.74 Å². The maximum atomic E-state index is 13.8. The fraction of sp³-hybridized carbons (Fsp3) is 0.538. The molecule has 3 aromatic rings. The van der Waals surface area contributed by atoms with Crippen LogP contribution in [0.4, 0.5) is 20.3 Å². The van der Waals surface area contributed by atoms with E-state index in [1.807, 2.05) is 12.1 Å². The van der Waals surface area contributed by atoms with E-state index in [0.29, 0.717) is 35.1 Å². The van der Waals surface area contributed by atoms with Crippen LogP contribution in [-0.4, -0.2) is 44.9 Å². The zero-order valence-corrected chi connectivity index (χ0v) is 20.6. The Kier molecular flexibility index (Phi) is 7.13. The molecule has 5 rings (SSSR count). The Labute approximate surface area is 208 Å². The van der Waals surface area contributed by atoms with Crippen LogP contribution in [0, 0.1) is 11.8 Å². The maximum absolute atomic E-state index is 13.8. The van der Waals surface area contributed by atoms with Crippen LogP contribution >= 0.6 is 0 Å². The lowest BCUT2D eigenvalue weighted by Crippen LogP contribution is -2.19. The topological polar surface area (TPSA) is 94.0 Å². The first-order valence-electron chi connectivity index (χ1n) is 12.7. The van der Waals surface area contributed by atoms with Crippen molar-refractivity contribution in [1.82, 2.24) is 19.7 Å². The molecule has 1 amide bonds. The zero-order chi connectivity index (χ0) is 25.2. The normalized spacial score (nSPS) is 24.4. The molecule has 0 unspecified atom stereocenters. The van der Waals surface area contributed by atoms with Crippen LogP contribution in [0.1, 0.15) is 74.5 Å². The minimum Gasteiger partial charge on any atom is -0.376 e. The number of alkyl halides is 2. The van der Waals surface area contributed by atoms with E-state index in [0.717, 1.165) is 38.7 Å². The number of ether oxygens (including phenoxy) is 1. The van der Waals surface area contributed by atoms with Crippen LogP contribution in [0.15, 0.2) is 30.7 Å². The summed E-state index contributed by atoms with van der Waals surface area (Å²) in [5.41, 5.74) is 0.255. The van der Waals surface area contributed by atoms with Crippen molar-refractivity contribution in [2.75, 3.05) is 23.8 Å².